The van der Waals surface area contributed by atoms with E-state index in [1.54, 1.807) is 30.3 Å². The molecular formula is C26H27ClN2O6. The summed E-state index contributed by atoms with van der Waals surface area (Å²) in [6.07, 6.45) is 0. The van der Waals surface area contributed by atoms with Crippen LogP contribution in [0.2, 0.25) is 5.02 Å². The summed E-state index contributed by atoms with van der Waals surface area (Å²) in [5.41, 5.74) is 2.48. The lowest BCUT2D eigenvalue weighted by molar-refractivity contribution is -0.139. The van der Waals surface area contributed by atoms with Crippen molar-refractivity contribution in [1.29, 1.82) is 0 Å². The van der Waals surface area contributed by atoms with E-state index < -0.39 is 12.0 Å². The van der Waals surface area contributed by atoms with Crippen LogP contribution < -0.4 is 24.8 Å². The second-order valence-corrected chi connectivity index (χ2v) is 7.83. The first-order valence-electron chi connectivity index (χ1n) is 10.7. The average Bonchev–Trinajstić information content (AvgIpc) is 2.89. The third-order valence-corrected chi connectivity index (χ3v) is 5.58. The second-order valence-electron chi connectivity index (χ2n) is 7.40. The highest BCUT2D eigenvalue weighted by Gasteiger charge is 2.21. The molecule has 1 atom stereocenters. The third kappa shape index (κ3) is 6.23. The molecule has 1 unspecified atom stereocenters. The van der Waals surface area contributed by atoms with E-state index in [2.05, 4.69) is 10.6 Å². The Hall–Kier alpha value is -3.75. The molecule has 3 rings (SSSR count). The van der Waals surface area contributed by atoms with E-state index in [0.29, 0.717) is 33.5 Å². The Morgan fingerprint density at radius 1 is 0.886 bits per heavy atom. The Morgan fingerprint density at radius 3 is 2.09 bits per heavy atom. The quantitative estimate of drug-likeness (QED) is 0.398. The molecule has 0 radical (unpaired) electrons. The number of para-hydroxylation sites is 1. The van der Waals surface area contributed by atoms with Crippen LogP contribution in [0.3, 0.4) is 0 Å². The minimum absolute atomic E-state index is 0.0288. The van der Waals surface area contributed by atoms with E-state index in [-0.39, 0.29) is 12.5 Å². The fourth-order valence-electron chi connectivity index (χ4n) is 3.59. The van der Waals surface area contributed by atoms with Crippen LogP contribution in [0.4, 0.5) is 5.69 Å². The van der Waals surface area contributed by atoms with Crippen molar-refractivity contribution >= 4 is 29.2 Å². The maximum Gasteiger partial charge on any atom is 0.319 e. The molecule has 0 aromatic heterocycles. The molecule has 0 heterocycles. The number of rotatable bonds is 10. The van der Waals surface area contributed by atoms with Gasteiger partial charge in [0.25, 0.3) is 5.91 Å². The summed E-state index contributed by atoms with van der Waals surface area (Å²) in [5.74, 6) is 0.331. The van der Waals surface area contributed by atoms with Crippen molar-refractivity contribution in [2.75, 3.05) is 40.3 Å². The van der Waals surface area contributed by atoms with Gasteiger partial charge in [0.2, 0.25) is 5.75 Å². The zero-order valence-corrected chi connectivity index (χ0v) is 20.6. The summed E-state index contributed by atoms with van der Waals surface area (Å²) in [6, 6.07) is 17.3. The monoisotopic (exact) mass is 498 g/mol. The van der Waals surface area contributed by atoms with Gasteiger partial charge in [-0.15, -0.1) is 0 Å². The lowest BCUT2D eigenvalue weighted by Crippen LogP contribution is -2.30. The highest BCUT2D eigenvalue weighted by atomic mass is 35.5. The Balaban J connectivity index is 1.98. The van der Waals surface area contributed by atoms with Gasteiger partial charge in [0.1, 0.15) is 0 Å². The van der Waals surface area contributed by atoms with Gasteiger partial charge in [0.15, 0.2) is 11.5 Å². The third-order valence-electron chi connectivity index (χ3n) is 5.33. The smallest absolute Gasteiger partial charge is 0.319 e. The fraction of sp³-hybridized carbons (Fsp3) is 0.231. The largest absolute Gasteiger partial charge is 0.493 e. The van der Waals surface area contributed by atoms with Crippen molar-refractivity contribution in [1.82, 2.24) is 5.32 Å². The van der Waals surface area contributed by atoms with Crippen molar-refractivity contribution in [2.24, 2.45) is 0 Å². The molecule has 35 heavy (non-hydrogen) atoms. The Kier molecular flexibility index (Phi) is 8.94. The minimum Gasteiger partial charge on any atom is -0.493 e. The number of hydrogen-bond donors (Lipinski definition) is 2. The molecule has 0 fully saturated rings. The summed E-state index contributed by atoms with van der Waals surface area (Å²) in [5, 5.41) is 6.75. The number of halogens is 1. The zero-order valence-electron chi connectivity index (χ0n) is 19.9. The van der Waals surface area contributed by atoms with Crippen molar-refractivity contribution in [3.05, 3.63) is 82.4 Å². The van der Waals surface area contributed by atoms with E-state index in [4.69, 9.17) is 30.5 Å². The number of nitrogens with one attached hydrogen (secondary N) is 2. The average molecular weight is 499 g/mol. The van der Waals surface area contributed by atoms with Crippen LogP contribution in [0, 0.1) is 0 Å². The Bertz CT molecular complexity index is 1160. The standard InChI is InChI=1S/C26H27ClN2O6/c1-32-21-13-17(14-22(33-2)25(21)35-4)26(31)29-20-8-6-5-7-19(20)24(28-15-23(30)34-3)16-9-11-18(27)12-10-16/h5-14,24,28H,15H2,1-4H3,(H,29,31). The van der Waals surface area contributed by atoms with Crippen LogP contribution in [-0.2, 0) is 9.53 Å². The number of hydrogen-bond acceptors (Lipinski definition) is 7. The molecule has 0 bridgehead atoms. The van der Waals surface area contributed by atoms with Gasteiger partial charge in [-0.25, -0.2) is 0 Å². The molecule has 0 saturated heterocycles. The van der Waals surface area contributed by atoms with E-state index in [1.165, 1.54) is 28.4 Å². The van der Waals surface area contributed by atoms with E-state index in [9.17, 15) is 9.59 Å². The van der Waals surface area contributed by atoms with Crippen LogP contribution in [0.25, 0.3) is 0 Å². The molecule has 2 N–H and O–H groups in total. The molecule has 0 aliphatic rings. The van der Waals surface area contributed by atoms with Crippen molar-refractivity contribution in [2.45, 2.75) is 6.04 Å². The molecule has 0 spiro atoms. The van der Waals surface area contributed by atoms with Crippen molar-refractivity contribution in [3.8, 4) is 17.2 Å². The van der Waals surface area contributed by atoms with Crippen LogP contribution >= 0.6 is 11.6 Å². The second kappa shape index (κ2) is 12.1. The van der Waals surface area contributed by atoms with E-state index in [1.807, 2.05) is 30.3 Å². The Labute approximate surface area is 209 Å². The summed E-state index contributed by atoms with van der Waals surface area (Å²) in [4.78, 5) is 25.1. The molecule has 3 aromatic carbocycles. The first-order valence-corrected chi connectivity index (χ1v) is 11.1. The van der Waals surface area contributed by atoms with Gasteiger partial charge in [0, 0.05) is 16.3 Å². The molecule has 1 amide bonds. The molecule has 0 saturated carbocycles. The van der Waals surface area contributed by atoms with Crippen LogP contribution in [0.15, 0.2) is 60.7 Å². The predicted molar refractivity (Wildman–Crippen MR) is 134 cm³/mol. The maximum atomic E-state index is 13.2. The van der Waals surface area contributed by atoms with Gasteiger partial charge in [-0.3, -0.25) is 14.9 Å². The van der Waals surface area contributed by atoms with Crippen molar-refractivity contribution < 1.29 is 28.5 Å². The lowest BCUT2D eigenvalue weighted by Gasteiger charge is -2.23. The predicted octanol–water partition coefficient (Wildman–Crippen LogP) is 4.47. The maximum absolute atomic E-state index is 13.2. The van der Waals surface area contributed by atoms with Gasteiger partial charge in [0.05, 0.1) is 41.0 Å². The lowest BCUT2D eigenvalue weighted by atomic mass is 9.96. The minimum atomic E-state index is -0.428. The number of ether oxygens (including phenoxy) is 4. The number of methoxy groups -OCH3 is 4. The highest BCUT2D eigenvalue weighted by molar-refractivity contribution is 6.30. The van der Waals surface area contributed by atoms with Gasteiger partial charge in [-0.1, -0.05) is 41.9 Å². The highest BCUT2D eigenvalue weighted by Crippen LogP contribution is 2.38. The van der Waals surface area contributed by atoms with Gasteiger partial charge in [-0.05, 0) is 41.5 Å². The molecular weight excluding hydrogens is 472 g/mol. The Morgan fingerprint density at radius 2 is 1.51 bits per heavy atom. The molecule has 9 heteroatoms. The molecule has 3 aromatic rings. The van der Waals surface area contributed by atoms with Crippen LogP contribution in [0.5, 0.6) is 17.2 Å². The summed E-state index contributed by atoms with van der Waals surface area (Å²) in [6.45, 7) is -0.0288. The first kappa shape index (κ1) is 25.9. The molecule has 184 valence electrons. The van der Waals surface area contributed by atoms with E-state index in [0.717, 1.165) is 11.1 Å². The van der Waals surface area contributed by atoms with Crippen LogP contribution in [0.1, 0.15) is 27.5 Å². The van der Waals surface area contributed by atoms with Gasteiger partial charge < -0.3 is 24.3 Å². The zero-order chi connectivity index (χ0) is 25.4. The molecule has 0 aliphatic carbocycles. The topological polar surface area (TPSA) is 95.1 Å². The fourth-order valence-corrected chi connectivity index (χ4v) is 3.72. The van der Waals surface area contributed by atoms with E-state index >= 15 is 0 Å². The molecule has 8 nitrogen and oxygen atoms in total. The number of anilines is 1. The number of carbonyl (C=O) groups is 2. The van der Waals surface area contributed by atoms with Gasteiger partial charge >= 0.3 is 5.97 Å². The summed E-state index contributed by atoms with van der Waals surface area (Å²) in [7, 11) is 5.79. The number of esters is 1. The summed E-state index contributed by atoms with van der Waals surface area (Å²) >= 11 is 6.07. The number of benzene rings is 3. The number of amides is 1. The first-order chi connectivity index (χ1) is 16.9. The summed E-state index contributed by atoms with van der Waals surface area (Å²) < 4.78 is 20.8. The molecule has 0 aliphatic heterocycles. The number of carbonyl (C=O) groups excluding carboxylic acids is 2. The SMILES string of the molecule is COC(=O)CNC(c1ccc(Cl)cc1)c1ccccc1NC(=O)c1cc(OC)c(OC)c(OC)c1. The van der Waals surface area contributed by atoms with Crippen LogP contribution in [-0.4, -0.2) is 46.9 Å². The van der Waals surface area contributed by atoms with Crippen molar-refractivity contribution in [3.63, 3.8) is 0 Å². The normalized spacial score (nSPS) is 11.3. The van der Waals surface area contributed by atoms with Gasteiger partial charge in [-0.2, -0.15) is 0 Å².